The molecule has 0 aliphatic heterocycles. The molecule has 1 N–H and O–H groups in total. The van der Waals surface area contributed by atoms with E-state index in [1.54, 1.807) is 12.2 Å². The number of aliphatic hydroxyl groups excluding tert-OH is 1. The molecule has 0 aromatic heterocycles. The molecule has 0 aliphatic rings. The lowest BCUT2D eigenvalue weighted by molar-refractivity contribution is -0.143. The number of ether oxygens (including phenoxy) is 1. The van der Waals surface area contributed by atoms with E-state index in [4.69, 9.17) is 9.84 Å². The van der Waals surface area contributed by atoms with Crippen LogP contribution in [-0.2, 0) is 16.0 Å². The zero-order chi connectivity index (χ0) is 18.2. The summed E-state index contributed by atoms with van der Waals surface area (Å²) in [6.07, 6.45) is 12.9. The number of hydrogen-bond donors (Lipinski definition) is 1. The number of rotatable bonds is 10. The third-order valence-corrected chi connectivity index (χ3v) is 3.73. The number of hydrogen-bond acceptors (Lipinski definition) is 3. The second-order valence-corrected chi connectivity index (χ2v) is 5.70. The lowest BCUT2D eigenvalue weighted by atomic mass is 10.0. The average molecular weight is 340 g/mol. The molecular weight excluding hydrogens is 312 g/mol. The molecule has 0 amide bonds. The fraction of sp³-hybridized carbons (Fsp3) is 0.409. The smallest absolute Gasteiger partial charge is 0.305 e. The molecule has 1 aromatic carbocycles. The molecule has 1 rings (SSSR count). The fourth-order valence-electron chi connectivity index (χ4n) is 2.48. The van der Waals surface area contributed by atoms with Crippen molar-refractivity contribution >= 4 is 5.97 Å². The van der Waals surface area contributed by atoms with E-state index in [1.165, 1.54) is 11.6 Å². The van der Waals surface area contributed by atoms with Crippen LogP contribution >= 0.6 is 0 Å². The number of esters is 1. The van der Waals surface area contributed by atoms with E-state index in [1.807, 2.05) is 25.1 Å². The van der Waals surface area contributed by atoms with Gasteiger partial charge < -0.3 is 9.84 Å². The lowest BCUT2D eigenvalue weighted by Gasteiger charge is -2.05. The van der Waals surface area contributed by atoms with Gasteiger partial charge in [0.25, 0.3) is 0 Å². The Kier molecular flexibility index (Phi) is 11.5. The van der Waals surface area contributed by atoms with Crippen LogP contribution in [0.4, 0.5) is 0 Å². The predicted molar refractivity (Wildman–Crippen MR) is 102 cm³/mol. The Hall–Kier alpha value is -2.47. The molecule has 1 aromatic rings. The Morgan fingerprint density at radius 3 is 2.68 bits per heavy atom. The van der Waals surface area contributed by atoms with E-state index in [-0.39, 0.29) is 5.97 Å². The minimum absolute atomic E-state index is 0.0847. The fourth-order valence-corrected chi connectivity index (χ4v) is 2.48. The molecule has 0 saturated carbocycles. The molecule has 0 saturated heterocycles. The first-order valence-corrected chi connectivity index (χ1v) is 8.99. The second kappa shape index (κ2) is 13.9. The molecule has 3 nitrogen and oxygen atoms in total. The summed E-state index contributed by atoms with van der Waals surface area (Å²) < 4.78 is 4.92. The lowest BCUT2D eigenvalue weighted by Crippen LogP contribution is -2.03. The van der Waals surface area contributed by atoms with Gasteiger partial charge in [-0.05, 0) is 50.0 Å². The van der Waals surface area contributed by atoms with Gasteiger partial charge in [0.05, 0.1) is 12.9 Å². The van der Waals surface area contributed by atoms with Crippen LogP contribution in [0, 0.1) is 11.8 Å². The molecule has 0 spiro atoms. The number of unbranched alkanes of at least 4 members (excludes halogenated alkanes) is 4. The highest BCUT2D eigenvalue weighted by Gasteiger charge is 2.02. The van der Waals surface area contributed by atoms with Gasteiger partial charge in [-0.3, -0.25) is 4.79 Å². The highest BCUT2D eigenvalue weighted by atomic mass is 16.5. The summed E-state index contributed by atoms with van der Waals surface area (Å²) in [5.41, 5.74) is 2.33. The number of carbonyl (C=O) groups is 1. The minimum Gasteiger partial charge on any atom is -0.516 e. The van der Waals surface area contributed by atoms with Gasteiger partial charge in [-0.1, -0.05) is 55.4 Å². The van der Waals surface area contributed by atoms with Crippen LogP contribution in [0.2, 0.25) is 0 Å². The van der Waals surface area contributed by atoms with E-state index in [0.717, 1.165) is 50.4 Å². The monoisotopic (exact) mass is 340 g/mol. The molecule has 134 valence electrons. The maximum atomic E-state index is 11.2. The Balaban J connectivity index is 2.30. The third-order valence-electron chi connectivity index (χ3n) is 3.73. The van der Waals surface area contributed by atoms with E-state index >= 15 is 0 Å². The van der Waals surface area contributed by atoms with Crippen molar-refractivity contribution < 1.29 is 14.6 Å². The minimum atomic E-state index is -0.0847. The van der Waals surface area contributed by atoms with E-state index in [9.17, 15) is 4.79 Å². The predicted octanol–water partition coefficient (Wildman–Crippen LogP) is 5.11. The van der Waals surface area contributed by atoms with Gasteiger partial charge in [-0.15, -0.1) is 0 Å². The maximum Gasteiger partial charge on any atom is 0.305 e. The summed E-state index contributed by atoms with van der Waals surface area (Å²) >= 11 is 0. The van der Waals surface area contributed by atoms with Crippen LogP contribution in [0.25, 0.3) is 0 Å². The van der Waals surface area contributed by atoms with Crippen LogP contribution in [-0.4, -0.2) is 17.7 Å². The van der Waals surface area contributed by atoms with Crippen LogP contribution in [0.3, 0.4) is 0 Å². The van der Waals surface area contributed by atoms with Gasteiger partial charge in [-0.2, -0.15) is 0 Å². The van der Waals surface area contributed by atoms with E-state index < -0.39 is 0 Å². The molecule has 0 atom stereocenters. The van der Waals surface area contributed by atoms with Gasteiger partial charge in [0.2, 0.25) is 0 Å². The number of carbonyl (C=O) groups excluding carboxylic acids is 1. The first-order valence-electron chi connectivity index (χ1n) is 8.99. The molecule has 0 fully saturated rings. The molecule has 0 bridgehead atoms. The number of benzene rings is 1. The Morgan fingerprint density at radius 1 is 1.12 bits per heavy atom. The van der Waals surface area contributed by atoms with Gasteiger partial charge in [0, 0.05) is 12.0 Å². The van der Waals surface area contributed by atoms with E-state index in [2.05, 4.69) is 17.9 Å². The first kappa shape index (κ1) is 20.6. The van der Waals surface area contributed by atoms with Crippen molar-refractivity contribution in [2.24, 2.45) is 0 Å². The van der Waals surface area contributed by atoms with Crippen LogP contribution < -0.4 is 0 Å². The number of aliphatic hydroxyl groups is 1. The van der Waals surface area contributed by atoms with Crippen LogP contribution in [0.15, 0.2) is 48.8 Å². The highest BCUT2D eigenvalue weighted by Crippen LogP contribution is 2.13. The van der Waals surface area contributed by atoms with Gasteiger partial charge in [0.15, 0.2) is 0 Å². The normalized spacial score (nSPS) is 10.8. The van der Waals surface area contributed by atoms with Gasteiger partial charge in [-0.25, -0.2) is 0 Å². The number of aryl methyl sites for hydroxylation is 1. The van der Waals surface area contributed by atoms with Crippen LogP contribution in [0.1, 0.15) is 56.6 Å². The quantitative estimate of drug-likeness (QED) is 0.212. The molecule has 0 radical (unpaired) electrons. The summed E-state index contributed by atoms with van der Waals surface area (Å²) in [7, 11) is 0. The molecule has 0 unspecified atom stereocenters. The topological polar surface area (TPSA) is 46.5 Å². The largest absolute Gasteiger partial charge is 0.516 e. The van der Waals surface area contributed by atoms with E-state index in [0.29, 0.717) is 13.0 Å². The number of allylic oxidation sites excluding steroid dienone is 3. The molecule has 25 heavy (non-hydrogen) atoms. The van der Waals surface area contributed by atoms with Crippen molar-refractivity contribution in [1.82, 2.24) is 0 Å². The Morgan fingerprint density at radius 2 is 1.88 bits per heavy atom. The molecule has 3 heteroatoms. The van der Waals surface area contributed by atoms with Crippen LogP contribution in [0.5, 0.6) is 0 Å². The zero-order valence-electron chi connectivity index (χ0n) is 15.0. The maximum absolute atomic E-state index is 11.2. The summed E-state index contributed by atoms with van der Waals surface area (Å²) in [6.45, 7) is 2.30. The van der Waals surface area contributed by atoms with Crippen molar-refractivity contribution in [2.45, 2.75) is 51.9 Å². The molecule has 0 aliphatic carbocycles. The summed E-state index contributed by atoms with van der Waals surface area (Å²) in [5, 5.41) is 8.55. The van der Waals surface area contributed by atoms with Gasteiger partial charge >= 0.3 is 5.97 Å². The standard InChI is InChI=1S/C22H28O3/c1-2-25-22(24)18-10-5-3-4-8-14-20-16-11-12-17-21(20)15-9-6-7-13-19-23/h6-7,11-13,16-17,19,23H,2-5,8,10,14,18H2,1H3/b7-6+,19-13-. The SMILES string of the molecule is CCOC(=O)CCCCCCCc1ccccc1C#C/C=C/C=C\O. The van der Waals surface area contributed by atoms with Crippen molar-refractivity contribution in [3.05, 3.63) is 59.9 Å². The average Bonchev–Trinajstić information content (AvgIpc) is 2.62. The third kappa shape index (κ3) is 10.1. The Bertz CT molecular complexity index is 618. The summed E-state index contributed by atoms with van der Waals surface area (Å²) in [5.74, 6) is 6.05. The zero-order valence-corrected chi connectivity index (χ0v) is 15.0. The molecular formula is C22H28O3. The highest BCUT2D eigenvalue weighted by molar-refractivity contribution is 5.69. The van der Waals surface area contributed by atoms with Crippen molar-refractivity contribution in [3.63, 3.8) is 0 Å². The first-order chi connectivity index (χ1) is 12.3. The summed E-state index contributed by atoms with van der Waals surface area (Å²) in [6, 6.07) is 8.21. The Labute approximate surface area is 151 Å². The van der Waals surface area contributed by atoms with Gasteiger partial charge in [0.1, 0.15) is 0 Å². The summed E-state index contributed by atoms with van der Waals surface area (Å²) in [4.78, 5) is 11.2. The second-order valence-electron chi connectivity index (χ2n) is 5.70. The molecule has 0 heterocycles. The van der Waals surface area contributed by atoms with Crippen molar-refractivity contribution in [3.8, 4) is 11.8 Å². The van der Waals surface area contributed by atoms with Crippen molar-refractivity contribution in [2.75, 3.05) is 6.61 Å². The van der Waals surface area contributed by atoms with Crippen molar-refractivity contribution in [1.29, 1.82) is 0 Å².